The fourth-order valence-corrected chi connectivity index (χ4v) is 13.0. The van der Waals surface area contributed by atoms with E-state index in [0.29, 0.717) is 17.5 Å². The van der Waals surface area contributed by atoms with E-state index in [9.17, 15) is 0 Å². The largest absolute Gasteiger partial charge is 0.456 e. The highest BCUT2D eigenvalue weighted by Gasteiger charge is 2.28. The molecule has 6 nitrogen and oxygen atoms in total. The zero-order valence-electron chi connectivity index (χ0n) is 47.0. The summed E-state index contributed by atoms with van der Waals surface area (Å²) in [7, 11) is 0. The van der Waals surface area contributed by atoms with Gasteiger partial charge in [-0.3, -0.25) is 0 Å². The van der Waals surface area contributed by atoms with Crippen LogP contribution in [0.5, 0.6) is 0 Å². The van der Waals surface area contributed by atoms with E-state index in [0.717, 1.165) is 155 Å². The molecular formula is C81H50N4O2. The standard InChI is InChI=1S/C81H50N4O2/c1-7-23-51(24-8-1)59-43-66(53-27-11-3-12-28-53)76-70(47-59)85(71-48-60(52-25-9-2-10-26-52)44-67(77(71)76)54-29-13-4-14-30-54)78-68(55-31-15-5-16-32-55)45-61(46-69(78)56-33-17-6-18-34-56)81-83-79(57-39-41-64-62-35-19-21-37-72(62)86-74(64)49-57)82-80(84-81)58-40-42-65-63-36-20-22-38-73(63)87-75(65)50-58/h1-50H. The number of benzene rings is 13. The monoisotopic (exact) mass is 1110 g/mol. The molecule has 0 spiro atoms. The third-order valence-electron chi connectivity index (χ3n) is 17.0. The second kappa shape index (κ2) is 20.6. The maximum Gasteiger partial charge on any atom is 0.164 e. The molecule has 0 unspecified atom stereocenters. The van der Waals surface area contributed by atoms with Crippen LogP contribution < -0.4 is 0 Å². The Labute approximate surface area is 501 Å². The van der Waals surface area contributed by atoms with Crippen molar-refractivity contribution >= 4 is 65.7 Å². The SMILES string of the molecule is c1ccc(-c2cc(-c3ccccc3)c3c4c(-c5ccccc5)cc(-c5ccccc5)cc4n(-c4c(-c5ccccc5)cc(-c5nc(-c6ccc7c(c6)oc6ccccc67)nc(-c6ccc7c(c6)oc6ccccc67)n5)cc4-c4ccccc4)c3c2)cc1. The molecule has 0 atom stereocenters. The van der Waals surface area contributed by atoms with Crippen molar-refractivity contribution in [2.75, 3.05) is 0 Å². The smallest absolute Gasteiger partial charge is 0.164 e. The molecule has 0 radical (unpaired) electrons. The number of fused-ring (bicyclic) bond motifs is 9. The Balaban J connectivity index is 1.01. The Morgan fingerprint density at radius 3 is 0.920 bits per heavy atom. The number of rotatable bonds is 10. The number of para-hydroxylation sites is 2. The van der Waals surface area contributed by atoms with Crippen molar-refractivity contribution in [1.29, 1.82) is 0 Å². The summed E-state index contributed by atoms with van der Waals surface area (Å²) in [6, 6.07) is 108. The first-order valence-electron chi connectivity index (χ1n) is 29.4. The molecule has 13 aromatic carbocycles. The molecule has 0 N–H and O–H groups in total. The molecule has 0 saturated carbocycles. The lowest BCUT2D eigenvalue weighted by molar-refractivity contribution is 0.668. The van der Waals surface area contributed by atoms with E-state index < -0.39 is 0 Å². The summed E-state index contributed by atoms with van der Waals surface area (Å²) < 4.78 is 15.6. The predicted octanol–water partition coefficient (Wildman–Crippen LogP) is 21.8. The number of aromatic nitrogens is 4. The van der Waals surface area contributed by atoms with Gasteiger partial charge in [-0.05, 0) is 128 Å². The van der Waals surface area contributed by atoms with Crippen molar-refractivity contribution in [3.8, 4) is 107 Å². The van der Waals surface area contributed by atoms with Crippen molar-refractivity contribution < 1.29 is 8.83 Å². The predicted molar refractivity (Wildman–Crippen MR) is 358 cm³/mol. The highest BCUT2D eigenvalue weighted by atomic mass is 16.3. The van der Waals surface area contributed by atoms with Crippen LogP contribution in [-0.4, -0.2) is 19.5 Å². The molecule has 0 aliphatic rings. The van der Waals surface area contributed by atoms with Gasteiger partial charge in [-0.25, -0.2) is 15.0 Å². The molecule has 17 rings (SSSR count). The zero-order valence-corrected chi connectivity index (χ0v) is 47.0. The van der Waals surface area contributed by atoms with Crippen LogP contribution in [0.15, 0.2) is 312 Å². The molecule has 406 valence electrons. The molecule has 4 heterocycles. The summed E-state index contributed by atoms with van der Waals surface area (Å²) in [6.45, 7) is 0. The number of furan rings is 2. The molecule has 4 aromatic heterocycles. The van der Waals surface area contributed by atoms with Crippen LogP contribution in [0.1, 0.15) is 0 Å². The van der Waals surface area contributed by atoms with Gasteiger partial charge in [-0.15, -0.1) is 0 Å². The Hall–Kier alpha value is -11.7. The molecule has 17 aromatic rings. The average Bonchev–Trinajstić information content (AvgIpc) is 1.61. The van der Waals surface area contributed by atoms with Gasteiger partial charge in [0.2, 0.25) is 0 Å². The van der Waals surface area contributed by atoms with E-state index in [1.807, 2.05) is 36.4 Å². The van der Waals surface area contributed by atoms with Gasteiger partial charge in [-0.1, -0.05) is 231 Å². The van der Waals surface area contributed by atoms with Crippen molar-refractivity contribution in [2.45, 2.75) is 0 Å². The Morgan fingerprint density at radius 2 is 0.529 bits per heavy atom. The second-order valence-electron chi connectivity index (χ2n) is 22.2. The van der Waals surface area contributed by atoms with E-state index in [1.54, 1.807) is 0 Å². The highest BCUT2D eigenvalue weighted by Crippen LogP contribution is 2.50. The fourth-order valence-electron chi connectivity index (χ4n) is 13.0. The molecule has 0 aliphatic heterocycles. The van der Waals surface area contributed by atoms with Crippen LogP contribution in [0, 0.1) is 0 Å². The van der Waals surface area contributed by atoms with Crippen molar-refractivity contribution in [1.82, 2.24) is 19.5 Å². The van der Waals surface area contributed by atoms with Gasteiger partial charge in [0, 0.05) is 60.1 Å². The Morgan fingerprint density at radius 1 is 0.218 bits per heavy atom. The van der Waals surface area contributed by atoms with Gasteiger partial charge in [0.1, 0.15) is 22.3 Å². The molecule has 0 aliphatic carbocycles. The van der Waals surface area contributed by atoms with Gasteiger partial charge < -0.3 is 13.4 Å². The van der Waals surface area contributed by atoms with Crippen molar-refractivity contribution in [3.63, 3.8) is 0 Å². The second-order valence-corrected chi connectivity index (χ2v) is 22.2. The van der Waals surface area contributed by atoms with Gasteiger partial charge in [-0.2, -0.15) is 0 Å². The first kappa shape index (κ1) is 49.8. The summed E-state index contributed by atoms with van der Waals surface area (Å²) >= 11 is 0. The summed E-state index contributed by atoms with van der Waals surface area (Å²) in [5, 5.41) is 6.48. The minimum absolute atomic E-state index is 0.514. The third-order valence-corrected chi connectivity index (χ3v) is 17.0. The Kier molecular flexibility index (Phi) is 11.8. The van der Waals surface area contributed by atoms with Crippen LogP contribution in [0.3, 0.4) is 0 Å². The van der Waals surface area contributed by atoms with Crippen molar-refractivity contribution in [2.24, 2.45) is 0 Å². The summed E-state index contributed by atoms with van der Waals surface area (Å²) in [6.07, 6.45) is 0. The lowest BCUT2D eigenvalue weighted by Crippen LogP contribution is -2.04. The summed E-state index contributed by atoms with van der Waals surface area (Å²) in [4.78, 5) is 16.3. The van der Waals surface area contributed by atoms with E-state index in [4.69, 9.17) is 23.8 Å². The van der Waals surface area contributed by atoms with Crippen LogP contribution in [0.2, 0.25) is 0 Å². The normalized spacial score (nSPS) is 11.7. The van der Waals surface area contributed by atoms with Crippen LogP contribution in [-0.2, 0) is 0 Å². The third kappa shape index (κ3) is 8.61. The van der Waals surface area contributed by atoms with Gasteiger partial charge in [0.15, 0.2) is 17.5 Å². The summed E-state index contributed by atoms with van der Waals surface area (Å²) in [5.74, 6) is 1.54. The quantitative estimate of drug-likeness (QED) is 0.136. The van der Waals surface area contributed by atoms with E-state index in [1.165, 1.54) is 0 Å². The lowest BCUT2D eigenvalue weighted by Gasteiger charge is -2.22. The zero-order chi connectivity index (χ0) is 57.4. The minimum atomic E-state index is 0.514. The topological polar surface area (TPSA) is 69.9 Å². The van der Waals surface area contributed by atoms with Gasteiger partial charge in [0.05, 0.1) is 16.7 Å². The first-order valence-corrected chi connectivity index (χ1v) is 29.4. The van der Waals surface area contributed by atoms with Crippen LogP contribution >= 0.6 is 0 Å². The van der Waals surface area contributed by atoms with Gasteiger partial charge >= 0.3 is 0 Å². The number of hydrogen-bond donors (Lipinski definition) is 0. The lowest BCUT2D eigenvalue weighted by atomic mass is 9.90. The molecule has 87 heavy (non-hydrogen) atoms. The van der Waals surface area contributed by atoms with E-state index in [-0.39, 0.29) is 0 Å². The summed E-state index contributed by atoms with van der Waals surface area (Å²) in [5.41, 5.74) is 21.9. The van der Waals surface area contributed by atoms with E-state index >= 15 is 0 Å². The number of nitrogens with zero attached hydrogens (tertiary/aromatic N) is 4. The Bertz CT molecular complexity index is 5150. The van der Waals surface area contributed by atoms with Crippen molar-refractivity contribution in [3.05, 3.63) is 303 Å². The average molecular weight is 1110 g/mol. The fraction of sp³-hybridized carbons (Fsp3) is 0. The van der Waals surface area contributed by atoms with Crippen LogP contribution in [0.4, 0.5) is 0 Å². The molecule has 0 fully saturated rings. The molecule has 0 bridgehead atoms. The molecule has 0 saturated heterocycles. The maximum absolute atomic E-state index is 6.50. The molecule has 6 heteroatoms. The first-order chi connectivity index (χ1) is 43.1. The highest BCUT2D eigenvalue weighted by molar-refractivity contribution is 6.23. The molecular weight excluding hydrogens is 1060 g/mol. The molecule has 0 amide bonds. The maximum atomic E-state index is 6.50. The van der Waals surface area contributed by atoms with Gasteiger partial charge in [0.25, 0.3) is 0 Å². The van der Waals surface area contributed by atoms with Crippen LogP contribution in [0.25, 0.3) is 172 Å². The minimum Gasteiger partial charge on any atom is -0.456 e. The van der Waals surface area contributed by atoms with E-state index in [2.05, 4.69) is 271 Å². The number of hydrogen-bond acceptors (Lipinski definition) is 5.